The van der Waals surface area contributed by atoms with Gasteiger partial charge in [-0.1, -0.05) is 199 Å². The van der Waals surface area contributed by atoms with E-state index in [0.29, 0.717) is 57.4 Å². The SMILES string of the molecule is [2H]c1c([2H])c([2H])c(-c2cccc(-c3c([2H])c([2H])c([2H])c([2H])c3[2H])c2[N+]2=C=[N+](c3cccc(Oc4cc5c(cc4-c4nc(-c6ccc(C(C)(C)C)cc6)nc(-c6ccc(C(C)(C)C)cc6)n4)c4ccccc4n5-c4ccccn4)c3)c3ccccc32)c([2H])c1[2H]. The lowest BCUT2D eigenvalue weighted by atomic mass is 9.86. The Balaban J connectivity index is 1.04. The van der Waals surface area contributed by atoms with E-state index in [4.69, 9.17) is 32.9 Å². The largest absolute Gasteiger partial charge is 0.503 e. The monoisotopic (exact) mass is 1030 g/mol. The van der Waals surface area contributed by atoms with Gasteiger partial charge in [-0.2, -0.15) is 0 Å². The van der Waals surface area contributed by atoms with Crippen molar-refractivity contribution in [1.82, 2.24) is 33.7 Å². The maximum atomic E-state index is 9.17. The van der Waals surface area contributed by atoms with Crippen LogP contribution >= 0.6 is 0 Å². The fourth-order valence-electron chi connectivity index (χ4n) is 10.2. The van der Waals surface area contributed by atoms with Crippen LogP contribution in [0.25, 0.3) is 84.0 Å². The predicted molar refractivity (Wildman–Crippen MR) is 324 cm³/mol. The minimum atomic E-state index is -0.584. The summed E-state index contributed by atoms with van der Waals surface area (Å²) in [6.45, 7) is 13.1. The highest BCUT2D eigenvalue weighted by Gasteiger charge is 2.39. The zero-order valence-corrected chi connectivity index (χ0v) is 44.3. The summed E-state index contributed by atoms with van der Waals surface area (Å²) >= 11 is 0. The van der Waals surface area contributed by atoms with E-state index in [1.165, 1.54) is 0 Å². The quantitative estimate of drug-likeness (QED) is 0.128. The van der Waals surface area contributed by atoms with Gasteiger partial charge in [-0.3, -0.25) is 4.57 Å². The average Bonchev–Trinajstić information content (AvgIpc) is 1.76. The Kier molecular flexibility index (Phi) is 9.59. The molecule has 13 rings (SSSR count). The Morgan fingerprint density at radius 1 is 0.468 bits per heavy atom. The molecule has 0 bridgehead atoms. The third-order valence-electron chi connectivity index (χ3n) is 14.2. The minimum Gasteiger partial charge on any atom is -0.456 e. The van der Waals surface area contributed by atoms with Gasteiger partial charge in [-0.15, -0.1) is 0 Å². The predicted octanol–water partition coefficient (Wildman–Crippen LogP) is 17.9. The van der Waals surface area contributed by atoms with Gasteiger partial charge < -0.3 is 4.74 Å². The van der Waals surface area contributed by atoms with Gasteiger partial charge in [0.05, 0.1) is 47.5 Å². The van der Waals surface area contributed by atoms with Gasteiger partial charge in [0.15, 0.2) is 17.5 Å². The molecule has 3 aromatic heterocycles. The molecule has 0 aliphatic carbocycles. The van der Waals surface area contributed by atoms with Crippen molar-refractivity contribution >= 4 is 50.6 Å². The van der Waals surface area contributed by atoms with Gasteiger partial charge in [0, 0.05) is 52.4 Å². The molecular formula is C71H57N7O+2. The van der Waals surface area contributed by atoms with Crippen LogP contribution in [0, 0.1) is 0 Å². The van der Waals surface area contributed by atoms with Crippen LogP contribution in [0.4, 0.5) is 22.7 Å². The second-order valence-electron chi connectivity index (χ2n) is 21.4. The Hall–Kier alpha value is -9.88. The molecule has 0 fully saturated rings. The molecule has 12 aromatic rings. The normalized spacial score (nSPS) is 14.2. The van der Waals surface area contributed by atoms with Crippen molar-refractivity contribution in [2.45, 2.75) is 52.4 Å². The molecular weight excluding hydrogens is 967 g/mol. The molecule has 1 aliphatic rings. The van der Waals surface area contributed by atoms with E-state index in [9.17, 15) is 5.48 Å². The lowest BCUT2D eigenvalue weighted by molar-refractivity contribution is 0.484. The highest BCUT2D eigenvalue weighted by atomic mass is 16.5. The summed E-state index contributed by atoms with van der Waals surface area (Å²) in [7, 11) is 0. The minimum absolute atomic E-state index is 0.0897. The Morgan fingerprint density at radius 2 is 1.03 bits per heavy atom. The number of pyridine rings is 1. The molecule has 8 nitrogen and oxygen atoms in total. The molecule has 0 unspecified atom stereocenters. The standard InChI is InChI=1S/C71H57N7O/c1-70(2,3)51-38-34-49(35-39-51)67-73-68(50-36-40-52(41-37-50)71(4,5)6)75-69(74-67)59-44-58-57-27-13-14-30-60(57)78(65-33-17-18-42-72-65)63(58)45-64(59)79-54-26-19-25-53(43-54)76-46-77(62-32-16-15-31-61(62)76)66-55(47-21-9-7-10-22-47)28-20-29-56(66)48-23-11-8-12-24-48/h7-45H,1-6H3/q+2/i7D,8D,9D,10D,11D,12D,21D,22D,23D,24D. The van der Waals surface area contributed by atoms with E-state index in [1.54, 1.807) is 33.5 Å². The first-order chi connectivity index (χ1) is 42.6. The molecule has 8 heteroatoms. The number of ether oxygens (including phenoxy) is 1. The maximum Gasteiger partial charge on any atom is 0.503 e. The third kappa shape index (κ3) is 9.18. The van der Waals surface area contributed by atoms with Crippen molar-refractivity contribution in [3.8, 4) is 73.7 Å². The summed E-state index contributed by atoms with van der Waals surface area (Å²) in [6.07, 6.45) is 1.76. The topological polar surface area (TPSA) is 71.7 Å². The highest BCUT2D eigenvalue weighted by molar-refractivity contribution is 6.11. The molecule has 0 spiro atoms. The molecule has 0 N–H and O–H groups in total. The summed E-state index contributed by atoms with van der Waals surface area (Å²) in [5.41, 5.74) is 7.86. The van der Waals surface area contributed by atoms with Crippen LogP contribution in [0.15, 0.2) is 236 Å². The van der Waals surface area contributed by atoms with Crippen molar-refractivity contribution in [2.75, 3.05) is 0 Å². The first-order valence-electron chi connectivity index (χ1n) is 31.1. The van der Waals surface area contributed by atoms with Crippen LogP contribution in [-0.2, 0) is 10.8 Å². The number of benzene rings is 9. The molecule has 9 aromatic carbocycles. The third-order valence-corrected chi connectivity index (χ3v) is 14.2. The Labute approximate surface area is 474 Å². The summed E-state index contributed by atoms with van der Waals surface area (Å²) in [6, 6.07) is 52.3. The summed E-state index contributed by atoms with van der Waals surface area (Å²) in [4.78, 5) is 20.6. The first kappa shape index (κ1) is 38.6. The van der Waals surface area contributed by atoms with Gasteiger partial charge in [0.2, 0.25) is 11.4 Å². The van der Waals surface area contributed by atoms with Crippen LogP contribution in [0.3, 0.4) is 0 Å². The van der Waals surface area contributed by atoms with Gasteiger partial charge in [-0.05, 0) is 84.7 Å². The molecule has 1 aliphatic heterocycles. The molecule has 380 valence electrons. The van der Waals surface area contributed by atoms with Crippen molar-refractivity contribution in [3.63, 3.8) is 0 Å². The van der Waals surface area contributed by atoms with Crippen molar-refractivity contribution < 1.29 is 18.4 Å². The number of fused-ring (bicyclic) bond motifs is 4. The second-order valence-corrected chi connectivity index (χ2v) is 21.4. The number of nitrogens with zero attached hydrogens (tertiary/aromatic N) is 7. The summed E-state index contributed by atoms with van der Waals surface area (Å²) in [5.74, 6) is 2.83. The second kappa shape index (κ2) is 19.6. The van der Waals surface area contributed by atoms with Crippen LogP contribution in [0.1, 0.15) is 66.4 Å². The summed E-state index contributed by atoms with van der Waals surface area (Å²) in [5, 5.41) is 1.87. The zero-order chi connectivity index (χ0) is 62.5. The van der Waals surface area contributed by atoms with E-state index < -0.39 is 60.4 Å². The van der Waals surface area contributed by atoms with Crippen molar-refractivity contribution in [2.24, 2.45) is 0 Å². The fourth-order valence-corrected chi connectivity index (χ4v) is 10.2. The highest BCUT2D eigenvalue weighted by Crippen LogP contribution is 2.46. The van der Waals surface area contributed by atoms with Gasteiger partial charge >= 0.3 is 6.01 Å². The van der Waals surface area contributed by atoms with E-state index in [0.717, 1.165) is 44.1 Å². The van der Waals surface area contributed by atoms with E-state index in [1.807, 2.05) is 84.9 Å². The Bertz CT molecular complexity index is 4770. The van der Waals surface area contributed by atoms with Crippen molar-refractivity contribution in [1.29, 1.82) is 0 Å². The molecule has 0 saturated carbocycles. The van der Waals surface area contributed by atoms with E-state index in [-0.39, 0.29) is 38.8 Å². The number of para-hydroxylation sites is 4. The molecule has 4 heterocycles. The van der Waals surface area contributed by atoms with Crippen molar-refractivity contribution in [3.05, 3.63) is 248 Å². The molecule has 79 heavy (non-hydrogen) atoms. The molecule has 0 saturated heterocycles. The van der Waals surface area contributed by atoms with Crippen LogP contribution in [-0.4, -0.2) is 30.5 Å². The summed E-state index contributed by atoms with van der Waals surface area (Å²) < 4.78 is 101. The number of hydrogen-bond acceptors (Lipinski definition) is 5. The first-order valence-corrected chi connectivity index (χ1v) is 26.1. The smallest absolute Gasteiger partial charge is 0.456 e. The Morgan fingerprint density at radius 3 is 1.62 bits per heavy atom. The average molecular weight is 1030 g/mol. The number of aromatic nitrogens is 5. The van der Waals surface area contributed by atoms with Crippen LogP contribution < -0.4 is 13.9 Å². The fraction of sp³-hybridized carbons (Fsp3) is 0.113. The lowest BCUT2D eigenvalue weighted by Crippen LogP contribution is -2.11. The van der Waals surface area contributed by atoms with Gasteiger partial charge in [-0.25, -0.2) is 19.9 Å². The molecule has 0 radical (unpaired) electrons. The van der Waals surface area contributed by atoms with Crippen LogP contribution in [0.2, 0.25) is 0 Å². The number of hydrogen-bond donors (Lipinski definition) is 0. The van der Waals surface area contributed by atoms with E-state index >= 15 is 0 Å². The maximum absolute atomic E-state index is 9.17. The molecule has 0 atom stereocenters. The van der Waals surface area contributed by atoms with E-state index in [2.05, 4.69) is 119 Å². The lowest BCUT2D eigenvalue weighted by Gasteiger charge is -2.19. The van der Waals surface area contributed by atoms with Gasteiger partial charge in [0.25, 0.3) is 11.4 Å². The van der Waals surface area contributed by atoms with Gasteiger partial charge in [0.1, 0.15) is 17.3 Å². The van der Waals surface area contributed by atoms with Crippen LogP contribution in [0.5, 0.6) is 11.5 Å². The zero-order valence-electron chi connectivity index (χ0n) is 54.3. The molecule has 0 amide bonds. The number of rotatable bonds is 10.